The van der Waals surface area contributed by atoms with E-state index < -0.39 is 5.60 Å². The van der Waals surface area contributed by atoms with Crippen molar-refractivity contribution in [2.24, 2.45) is 0 Å². The third kappa shape index (κ3) is 2.16. The number of hydrogen-bond acceptors (Lipinski definition) is 3. The van der Waals surface area contributed by atoms with Crippen molar-refractivity contribution in [3.05, 3.63) is 47.5 Å². The Balaban J connectivity index is 2.40. The molecule has 0 amide bonds. The molecular weight excluding hydrogens is 226 g/mol. The Bertz CT molecular complexity index is 514. The second kappa shape index (κ2) is 4.90. The van der Waals surface area contributed by atoms with Crippen LogP contribution in [0.25, 0.3) is 0 Å². The van der Waals surface area contributed by atoms with Gasteiger partial charge in [0.1, 0.15) is 11.9 Å². The lowest BCUT2D eigenvalue weighted by Crippen LogP contribution is -2.28. The van der Waals surface area contributed by atoms with Crippen molar-refractivity contribution in [3.63, 3.8) is 0 Å². The maximum atomic E-state index is 10.7. The van der Waals surface area contributed by atoms with E-state index in [-0.39, 0.29) is 0 Å². The smallest absolute Gasteiger partial charge is 0.163 e. The van der Waals surface area contributed by atoms with Gasteiger partial charge in [-0.3, -0.25) is 0 Å². The van der Waals surface area contributed by atoms with Crippen molar-refractivity contribution in [2.45, 2.75) is 39.3 Å². The van der Waals surface area contributed by atoms with E-state index in [1.165, 1.54) is 11.9 Å². The highest BCUT2D eigenvalue weighted by atomic mass is 16.3. The zero-order valence-corrected chi connectivity index (χ0v) is 11.1. The number of benzene rings is 1. The summed E-state index contributed by atoms with van der Waals surface area (Å²) in [5.74, 6) is 0.578. The van der Waals surface area contributed by atoms with Crippen molar-refractivity contribution < 1.29 is 5.11 Å². The van der Waals surface area contributed by atoms with Crippen LogP contribution in [-0.4, -0.2) is 19.9 Å². The van der Waals surface area contributed by atoms with Crippen molar-refractivity contribution in [1.29, 1.82) is 0 Å². The third-order valence-corrected chi connectivity index (χ3v) is 3.27. The van der Waals surface area contributed by atoms with E-state index in [4.69, 9.17) is 0 Å². The van der Waals surface area contributed by atoms with Gasteiger partial charge in [-0.15, -0.1) is 0 Å². The van der Waals surface area contributed by atoms with Gasteiger partial charge in [-0.25, -0.2) is 9.67 Å². The number of aliphatic hydroxyl groups is 1. The van der Waals surface area contributed by atoms with Crippen molar-refractivity contribution in [2.75, 3.05) is 0 Å². The SMILES string of the molecule is CCc1ccc(C(C)(O)c2ncnn2CC)cc1. The van der Waals surface area contributed by atoms with Crippen molar-refractivity contribution in [3.8, 4) is 0 Å². The Hall–Kier alpha value is -1.68. The van der Waals surface area contributed by atoms with Gasteiger partial charge in [0, 0.05) is 6.54 Å². The predicted octanol–water partition coefficient (Wildman–Crippen LogP) is 2.12. The van der Waals surface area contributed by atoms with Gasteiger partial charge in [0.2, 0.25) is 0 Å². The van der Waals surface area contributed by atoms with Crippen LogP contribution in [0.4, 0.5) is 0 Å². The molecule has 4 nitrogen and oxygen atoms in total. The lowest BCUT2D eigenvalue weighted by atomic mass is 9.94. The number of rotatable bonds is 4. The summed E-state index contributed by atoms with van der Waals surface area (Å²) in [6, 6.07) is 7.98. The van der Waals surface area contributed by atoms with Crippen LogP contribution in [0.1, 0.15) is 37.7 Å². The fourth-order valence-electron chi connectivity index (χ4n) is 2.07. The minimum atomic E-state index is -1.11. The molecule has 2 rings (SSSR count). The van der Waals surface area contributed by atoms with Crippen LogP contribution >= 0.6 is 0 Å². The standard InChI is InChI=1S/C14H19N3O/c1-4-11-6-8-12(9-7-11)14(3,18)13-15-10-16-17(13)5-2/h6-10,18H,4-5H2,1-3H3. The minimum Gasteiger partial charge on any atom is -0.377 e. The predicted molar refractivity (Wildman–Crippen MR) is 70.2 cm³/mol. The molecule has 18 heavy (non-hydrogen) atoms. The first kappa shape index (κ1) is 12.8. The Morgan fingerprint density at radius 2 is 1.89 bits per heavy atom. The van der Waals surface area contributed by atoms with Crippen LogP contribution in [-0.2, 0) is 18.6 Å². The minimum absolute atomic E-state index is 0.578. The summed E-state index contributed by atoms with van der Waals surface area (Å²) in [6.07, 6.45) is 2.47. The Labute approximate surface area is 107 Å². The van der Waals surface area contributed by atoms with Crippen LogP contribution in [0.15, 0.2) is 30.6 Å². The molecule has 0 radical (unpaired) electrons. The fourth-order valence-corrected chi connectivity index (χ4v) is 2.07. The molecule has 0 spiro atoms. The number of nitrogens with zero attached hydrogens (tertiary/aromatic N) is 3. The van der Waals surface area contributed by atoms with Gasteiger partial charge in [0.25, 0.3) is 0 Å². The average Bonchev–Trinajstić information content (AvgIpc) is 2.88. The molecule has 1 unspecified atom stereocenters. The van der Waals surface area contributed by atoms with Crippen LogP contribution in [0, 0.1) is 0 Å². The highest BCUT2D eigenvalue weighted by Gasteiger charge is 2.30. The molecule has 1 aromatic carbocycles. The number of aromatic nitrogens is 3. The molecular formula is C14H19N3O. The van der Waals surface area contributed by atoms with Gasteiger partial charge in [-0.05, 0) is 31.4 Å². The molecule has 2 aromatic rings. The molecule has 4 heteroatoms. The number of aryl methyl sites for hydroxylation is 2. The largest absolute Gasteiger partial charge is 0.377 e. The molecule has 1 atom stereocenters. The molecule has 0 fully saturated rings. The van der Waals surface area contributed by atoms with E-state index in [9.17, 15) is 5.11 Å². The Kier molecular flexibility index (Phi) is 3.48. The van der Waals surface area contributed by atoms with Gasteiger partial charge in [-0.1, -0.05) is 31.2 Å². The van der Waals surface area contributed by atoms with Gasteiger partial charge in [-0.2, -0.15) is 5.10 Å². The van der Waals surface area contributed by atoms with Crippen molar-refractivity contribution in [1.82, 2.24) is 14.8 Å². The Morgan fingerprint density at radius 3 is 2.44 bits per heavy atom. The second-order valence-corrected chi connectivity index (χ2v) is 4.52. The van der Waals surface area contributed by atoms with Gasteiger partial charge < -0.3 is 5.11 Å². The molecule has 1 aromatic heterocycles. The summed E-state index contributed by atoms with van der Waals surface area (Å²) in [7, 11) is 0. The topological polar surface area (TPSA) is 50.9 Å². The molecule has 0 saturated heterocycles. The normalized spacial score (nSPS) is 14.4. The van der Waals surface area contributed by atoms with Gasteiger partial charge >= 0.3 is 0 Å². The molecule has 1 heterocycles. The first-order chi connectivity index (χ1) is 8.59. The molecule has 0 aliphatic carbocycles. The van der Waals surface area contributed by atoms with Gasteiger partial charge in [0.15, 0.2) is 5.82 Å². The van der Waals surface area contributed by atoms with Crippen molar-refractivity contribution >= 4 is 0 Å². The lowest BCUT2D eigenvalue weighted by Gasteiger charge is -2.23. The maximum Gasteiger partial charge on any atom is 0.163 e. The van der Waals surface area contributed by atoms with Crippen LogP contribution in [0.3, 0.4) is 0 Å². The summed E-state index contributed by atoms with van der Waals surface area (Å²) in [5, 5.41) is 14.8. The highest BCUT2D eigenvalue weighted by molar-refractivity contribution is 5.31. The molecule has 0 bridgehead atoms. The second-order valence-electron chi connectivity index (χ2n) is 4.52. The quantitative estimate of drug-likeness (QED) is 0.897. The van der Waals surface area contributed by atoms with E-state index in [1.54, 1.807) is 11.6 Å². The average molecular weight is 245 g/mol. The molecule has 0 aliphatic heterocycles. The summed E-state index contributed by atoms with van der Waals surface area (Å²) < 4.78 is 1.72. The van der Waals surface area contributed by atoms with Gasteiger partial charge in [0.05, 0.1) is 0 Å². The lowest BCUT2D eigenvalue weighted by molar-refractivity contribution is 0.0868. The number of hydrogen-bond donors (Lipinski definition) is 1. The zero-order chi connectivity index (χ0) is 13.2. The van der Waals surface area contributed by atoms with E-state index in [0.29, 0.717) is 12.4 Å². The summed E-state index contributed by atoms with van der Waals surface area (Å²) in [6.45, 7) is 6.54. The molecule has 0 aliphatic rings. The van der Waals surface area contributed by atoms with E-state index >= 15 is 0 Å². The maximum absolute atomic E-state index is 10.7. The van der Waals surface area contributed by atoms with Crippen LogP contribution < -0.4 is 0 Å². The third-order valence-electron chi connectivity index (χ3n) is 3.27. The summed E-state index contributed by atoms with van der Waals surface area (Å²) in [4.78, 5) is 4.18. The first-order valence-corrected chi connectivity index (χ1v) is 6.29. The molecule has 96 valence electrons. The highest BCUT2D eigenvalue weighted by Crippen LogP contribution is 2.27. The Morgan fingerprint density at radius 1 is 1.22 bits per heavy atom. The van der Waals surface area contributed by atoms with Crippen LogP contribution in [0.2, 0.25) is 0 Å². The molecule has 0 saturated carbocycles. The van der Waals surface area contributed by atoms with E-state index in [1.807, 2.05) is 31.2 Å². The zero-order valence-electron chi connectivity index (χ0n) is 11.1. The summed E-state index contributed by atoms with van der Waals surface area (Å²) in [5.41, 5.74) is 0.979. The van der Waals surface area contributed by atoms with E-state index in [0.717, 1.165) is 12.0 Å². The van der Waals surface area contributed by atoms with Crippen LogP contribution in [0.5, 0.6) is 0 Å². The molecule has 1 N–H and O–H groups in total. The monoisotopic (exact) mass is 245 g/mol. The first-order valence-electron chi connectivity index (χ1n) is 6.29. The fraction of sp³-hybridized carbons (Fsp3) is 0.429. The van der Waals surface area contributed by atoms with E-state index in [2.05, 4.69) is 17.0 Å². The summed E-state index contributed by atoms with van der Waals surface area (Å²) >= 11 is 0.